The Morgan fingerprint density at radius 2 is 2.00 bits per heavy atom. The number of fused-ring (bicyclic) bond motifs is 1. The maximum absolute atomic E-state index is 6.37. The molecule has 3 atom stereocenters. The van der Waals surface area contributed by atoms with Crippen molar-refractivity contribution in [3.8, 4) is 0 Å². The average molecular weight is 344 g/mol. The molecule has 19 heavy (non-hydrogen) atoms. The smallest absolute Gasteiger partial charge is 0.0485 e. The van der Waals surface area contributed by atoms with Crippen molar-refractivity contribution in [2.75, 3.05) is 19.6 Å². The Bertz CT molecular complexity index is 453. The van der Waals surface area contributed by atoms with Crippen LogP contribution in [-0.2, 0) is 0 Å². The molecule has 3 rings (SSSR count). The van der Waals surface area contributed by atoms with Crippen molar-refractivity contribution in [3.05, 3.63) is 33.3 Å². The predicted octanol–water partition coefficient (Wildman–Crippen LogP) is 3.83. The highest BCUT2D eigenvalue weighted by Gasteiger charge is 2.39. The molecule has 2 nitrogen and oxygen atoms in total. The molecular formula is C15H20BrClN2. The molecule has 1 aromatic carbocycles. The van der Waals surface area contributed by atoms with Crippen molar-refractivity contribution in [2.24, 2.45) is 17.6 Å². The first-order valence-electron chi connectivity index (χ1n) is 7.08. The first-order valence-corrected chi connectivity index (χ1v) is 8.25. The molecule has 1 heterocycles. The minimum absolute atomic E-state index is 0.260. The third-order valence-electron chi connectivity index (χ3n) is 4.74. The maximum atomic E-state index is 6.37. The van der Waals surface area contributed by atoms with Gasteiger partial charge in [-0.2, -0.15) is 0 Å². The molecule has 2 fully saturated rings. The summed E-state index contributed by atoms with van der Waals surface area (Å²) in [5.74, 6) is 1.78. The molecule has 1 saturated heterocycles. The van der Waals surface area contributed by atoms with Crippen LogP contribution >= 0.6 is 27.5 Å². The summed E-state index contributed by atoms with van der Waals surface area (Å²) in [6.45, 7) is 3.01. The lowest BCUT2D eigenvalue weighted by atomic mass is 10.0. The van der Waals surface area contributed by atoms with E-state index in [4.69, 9.17) is 17.3 Å². The van der Waals surface area contributed by atoms with Crippen LogP contribution in [-0.4, -0.2) is 24.5 Å². The molecule has 0 spiro atoms. The van der Waals surface area contributed by atoms with Crippen molar-refractivity contribution in [1.82, 2.24) is 4.90 Å². The van der Waals surface area contributed by atoms with Gasteiger partial charge < -0.3 is 5.73 Å². The molecule has 1 aromatic rings. The van der Waals surface area contributed by atoms with Gasteiger partial charge in [0.2, 0.25) is 0 Å². The molecule has 3 unspecified atom stereocenters. The summed E-state index contributed by atoms with van der Waals surface area (Å²) in [5.41, 5.74) is 7.20. The van der Waals surface area contributed by atoms with E-state index in [1.165, 1.54) is 37.9 Å². The van der Waals surface area contributed by atoms with Gasteiger partial charge in [-0.25, -0.2) is 0 Å². The minimum Gasteiger partial charge on any atom is -0.329 e. The zero-order valence-electron chi connectivity index (χ0n) is 11.0. The lowest BCUT2D eigenvalue weighted by Crippen LogP contribution is -2.33. The molecule has 104 valence electrons. The van der Waals surface area contributed by atoms with E-state index in [2.05, 4.69) is 26.9 Å². The third kappa shape index (κ3) is 2.71. The number of hydrogen-bond acceptors (Lipinski definition) is 2. The van der Waals surface area contributed by atoms with Crippen LogP contribution in [0.3, 0.4) is 0 Å². The second-order valence-electron chi connectivity index (χ2n) is 5.82. The van der Waals surface area contributed by atoms with Crippen LogP contribution in [0.25, 0.3) is 0 Å². The fraction of sp³-hybridized carbons (Fsp3) is 0.600. The zero-order valence-corrected chi connectivity index (χ0v) is 13.3. The molecule has 0 radical (unpaired) electrons. The van der Waals surface area contributed by atoms with E-state index in [1.54, 1.807) is 0 Å². The van der Waals surface area contributed by atoms with Gasteiger partial charge in [-0.1, -0.05) is 34.0 Å². The number of likely N-dealkylation sites (tertiary alicyclic amines) is 1. The topological polar surface area (TPSA) is 29.3 Å². The number of nitrogens with zero attached hydrogens (tertiary/aromatic N) is 1. The third-order valence-corrected chi connectivity index (χ3v) is 5.57. The Kier molecular flexibility index (Phi) is 4.18. The second-order valence-corrected chi connectivity index (χ2v) is 7.15. The van der Waals surface area contributed by atoms with E-state index in [0.717, 1.165) is 21.3 Å². The van der Waals surface area contributed by atoms with Gasteiger partial charge in [0, 0.05) is 35.2 Å². The summed E-state index contributed by atoms with van der Waals surface area (Å²) in [7, 11) is 0. The lowest BCUT2D eigenvalue weighted by molar-refractivity contribution is 0.232. The standard InChI is InChI=1S/C15H20BrClN2/c16-12-4-5-14(17)13(6-12)15(7-18)19-8-10-2-1-3-11(10)9-19/h4-6,10-11,15H,1-3,7-9,18H2. The van der Waals surface area contributed by atoms with Crippen LogP contribution < -0.4 is 5.73 Å². The van der Waals surface area contributed by atoms with Crippen molar-refractivity contribution in [2.45, 2.75) is 25.3 Å². The minimum atomic E-state index is 0.260. The van der Waals surface area contributed by atoms with Gasteiger partial charge in [-0.15, -0.1) is 0 Å². The zero-order chi connectivity index (χ0) is 13.4. The Morgan fingerprint density at radius 3 is 2.63 bits per heavy atom. The molecule has 0 amide bonds. The molecule has 4 heteroatoms. The van der Waals surface area contributed by atoms with Crippen LogP contribution in [0.4, 0.5) is 0 Å². The van der Waals surface area contributed by atoms with Crippen LogP contribution in [0.15, 0.2) is 22.7 Å². The summed E-state index contributed by atoms with van der Waals surface area (Å²) >= 11 is 9.90. The van der Waals surface area contributed by atoms with E-state index in [1.807, 2.05) is 12.1 Å². The predicted molar refractivity (Wildman–Crippen MR) is 83.4 cm³/mol. The van der Waals surface area contributed by atoms with Crippen molar-refractivity contribution in [1.29, 1.82) is 0 Å². The fourth-order valence-corrected chi connectivity index (χ4v) is 4.39. The van der Waals surface area contributed by atoms with Crippen molar-refractivity contribution < 1.29 is 0 Å². The molecular weight excluding hydrogens is 324 g/mol. The molecule has 1 aliphatic heterocycles. The maximum Gasteiger partial charge on any atom is 0.0485 e. The van der Waals surface area contributed by atoms with Gasteiger partial charge in [0.15, 0.2) is 0 Å². The molecule has 0 aromatic heterocycles. The summed E-state index contributed by atoms with van der Waals surface area (Å²) in [5, 5.41) is 0.829. The Labute approximate surface area is 128 Å². The number of hydrogen-bond donors (Lipinski definition) is 1. The first-order chi connectivity index (χ1) is 9.19. The first kappa shape index (κ1) is 13.9. The Balaban J connectivity index is 1.83. The summed E-state index contributed by atoms with van der Waals surface area (Å²) in [6, 6.07) is 6.32. The SMILES string of the molecule is NCC(c1cc(Br)ccc1Cl)N1CC2CCCC2C1. The van der Waals surface area contributed by atoms with E-state index in [9.17, 15) is 0 Å². The van der Waals surface area contributed by atoms with Crippen molar-refractivity contribution in [3.63, 3.8) is 0 Å². The van der Waals surface area contributed by atoms with Gasteiger partial charge in [0.25, 0.3) is 0 Å². The Hall–Kier alpha value is -0.0900. The molecule has 0 bridgehead atoms. The molecule has 2 aliphatic rings. The highest BCUT2D eigenvalue weighted by atomic mass is 79.9. The highest BCUT2D eigenvalue weighted by molar-refractivity contribution is 9.10. The second kappa shape index (κ2) is 5.72. The van der Waals surface area contributed by atoms with Crippen LogP contribution in [0.5, 0.6) is 0 Å². The normalized spacial score (nSPS) is 28.6. The van der Waals surface area contributed by atoms with Gasteiger partial charge >= 0.3 is 0 Å². The monoisotopic (exact) mass is 342 g/mol. The summed E-state index contributed by atoms with van der Waals surface area (Å²) in [4.78, 5) is 2.54. The molecule has 1 aliphatic carbocycles. The fourth-order valence-electron chi connectivity index (χ4n) is 3.77. The lowest BCUT2D eigenvalue weighted by Gasteiger charge is -2.28. The summed E-state index contributed by atoms with van der Waals surface area (Å²) in [6.07, 6.45) is 4.20. The summed E-state index contributed by atoms with van der Waals surface area (Å²) < 4.78 is 1.07. The largest absolute Gasteiger partial charge is 0.329 e. The van der Waals surface area contributed by atoms with Gasteiger partial charge in [-0.05, 0) is 48.4 Å². The number of rotatable bonds is 3. The van der Waals surface area contributed by atoms with E-state index >= 15 is 0 Å². The highest BCUT2D eigenvalue weighted by Crippen LogP contribution is 2.41. The number of nitrogens with two attached hydrogens (primary N) is 1. The quantitative estimate of drug-likeness (QED) is 0.903. The number of halogens is 2. The molecule has 2 N–H and O–H groups in total. The van der Waals surface area contributed by atoms with Crippen molar-refractivity contribution >= 4 is 27.5 Å². The van der Waals surface area contributed by atoms with Crippen LogP contribution in [0.1, 0.15) is 30.9 Å². The van der Waals surface area contributed by atoms with E-state index in [-0.39, 0.29) is 6.04 Å². The van der Waals surface area contributed by atoms with Crippen LogP contribution in [0, 0.1) is 11.8 Å². The number of benzene rings is 1. The van der Waals surface area contributed by atoms with Gasteiger partial charge in [0.1, 0.15) is 0 Å². The Morgan fingerprint density at radius 1 is 1.32 bits per heavy atom. The van der Waals surface area contributed by atoms with Gasteiger partial charge in [0.05, 0.1) is 0 Å². The molecule has 1 saturated carbocycles. The average Bonchev–Trinajstić information content (AvgIpc) is 2.95. The van der Waals surface area contributed by atoms with E-state index in [0.29, 0.717) is 6.54 Å². The van der Waals surface area contributed by atoms with E-state index < -0.39 is 0 Å². The van der Waals surface area contributed by atoms with Gasteiger partial charge in [-0.3, -0.25) is 4.90 Å². The van der Waals surface area contributed by atoms with Crippen LogP contribution in [0.2, 0.25) is 5.02 Å².